The predicted molar refractivity (Wildman–Crippen MR) is 128 cm³/mol. The van der Waals surface area contributed by atoms with Crippen LogP contribution in [0.1, 0.15) is 49.1 Å². The van der Waals surface area contributed by atoms with E-state index in [0.29, 0.717) is 13.0 Å². The number of aryl methyl sites for hydroxylation is 2. The number of carbonyl (C=O) groups is 2. The first-order chi connectivity index (χ1) is 15.4. The van der Waals surface area contributed by atoms with Gasteiger partial charge in [-0.3, -0.25) is 9.59 Å². The SMILES string of the molecule is CCCCN(C)C(=O)Cn1c(C2CC(=O)N(c3cc(C)cc(C)c3)C2)nc2ccccc21. The molecule has 2 heterocycles. The number of amides is 2. The molecule has 1 fully saturated rings. The van der Waals surface area contributed by atoms with Crippen LogP contribution >= 0.6 is 0 Å². The van der Waals surface area contributed by atoms with E-state index in [4.69, 9.17) is 4.98 Å². The van der Waals surface area contributed by atoms with E-state index in [1.54, 1.807) is 4.90 Å². The van der Waals surface area contributed by atoms with Gasteiger partial charge in [0.2, 0.25) is 11.8 Å². The number of hydrogen-bond donors (Lipinski definition) is 0. The second-order valence-electron chi connectivity index (χ2n) is 8.97. The van der Waals surface area contributed by atoms with Gasteiger partial charge in [0.05, 0.1) is 11.0 Å². The van der Waals surface area contributed by atoms with Crippen molar-refractivity contribution in [2.24, 2.45) is 0 Å². The number of para-hydroxylation sites is 2. The molecule has 1 aliphatic rings. The maximum atomic E-state index is 13.0. The second-order valence-corrected chi connectivity index (χ2v) is 8.97. The molecule has 2 aromatic carbocycles. The van der Waals surface area contributed by atoms with Crippen LogP contribution in [-0.2, 0) is 16.1 Å². The minimum atomic E-state index is -0.0514. The number of likely N-dealkylation sites (N-methyl/N-ethyl adjacent to an activating group) is 1. The van der Waals surface area contributed by atoms with Gasteiger partial charge in [-0.1, -0.05) is 31.5 Å². The van der Waals surface area contributed by atoms with E-state index in [2.05, 4.69) is 39.0 Å². The molecule has 1 aliphatic heterocycles. The number of benzene rings is 2. The number of anilines is 1. The molecule has 0 aliphatic carbocycles. The second kappa shape index (κ2) is 9.15. The summed E-state index contributed by atoms with van der Waals surface area (Å²) in [6, 6.07) is 14.1. The highest BCUT2D eigenvalue weighted by atomic mass is 16.2. The predicted octanol–water partition coefficient (Wildman–Crippen LogP) is 4.43. The molecule has 0 bridgehead atoms. The van der Waals surface area contributed by atoms with Gasteiger partial charge in [0, 0.05) is 38.2 Å². The minimum Gasteiger partial charge on any atom is -0.344 e. The van der Waals surface area contributed by atoms with Crippen LogP contribution in [0.15, 0.2) is 42.5 Å². The number of unbranched alkanes of at least 4 members (excludes halogenated alkanes) is 1. The summed E-state index contributed by atoms with van der Waals surface area (Å²) in [5.41, 5.74) is 5.03. The van der Waals surface area contributed by atoms with Crippen LogP contribution < -0.4 is 4.90 Å². The molecule has 1 unspecified atom stereocenters. The average molecular weight is 433 g/mol. The Balaban J connectivity index is 1.65. The van der Waals surface area contributed by atoms with Crippen molar-refractivity contribution in [2.75, 3.05) is 25.0 Å². The Morgan fingerprint density at radius 2 is 1.88 bits per heavy atom. The Morgan fingerprint density at radius 1 is 1.16 bits per heavy atom. The zero-order valence-electron chi connectivity index (χ0n) is 19.5. The highest BCUT2D eigenvalue weighted by molar-refractivity contribution is 5.96. The maximum absolute atomic E-state index is 13.0. The van der Waals surface area contributed by atoms with E-state index in [1.165, 1.54) is 0 Å². The summed E-state index contributed by atoms with van der Waals surface area (Å²) < 4.78 is 2.02. The molecule has 32 heavy (non-hydrogen) atoms. The van der Waals surface area contributed by atoms with Gasteiger partial charge < -0.3 is 14.4 Å². The van der Waals surface area contributed by atoms with Gasteiger partial charge in [-0.25, -0.2) is 4.98 Å². The Morgan fingerprint density at radius 3 is 2.59 bits per heavy atom. The van der Waals surface area contributed by atoms with Gasteiger partial charge in [0.15, 0.2) is 0 Å². The van der Waals surface area contributed by atoms with Gasteiger partial charge in [-0.2, -0.15) is 0 Å². The molecule has 1 aromatic heterocycles. The van der Waals surface area contributed by atoms with Crippen LogP contribution in [0.5, 0.6) is 0 Å². The van der Waals surface area contributed by atoms with Gasteiger partial charge in [0.25, 0.3) is 0 Å². The highest BCUT2D eigenvalue weighted by Crippen LogP contribution is 2.34. The average Bonchev–Trinajstić information content (AvgIpc) is 3.32. The molecule has 2 amide bonds. The van der Waals surface area contributed by atoms with Crippen LogP contribution in [0.2, 0.25) is 0 Å². The molecule has 6 nitrogen and oxygen atoms in total. The van der Waals surface area contributed by atoms with Crippen LogP contribution in [0.3, 0.4) is 0 Å². The first-order valence-corrected chi connectivity index (χ1v) is 11.4. The number of rotatable bonds is 7. The molecule has 4 rings (SSSR count). The lowest BCUT2D eigenvalue weighted by atomic mass is 10.1. The van der Waals surface area contributed by atoms with E-state index < -0.39 is 0 Å². The highest BCUT2D eigenvalue weighted by Gasteiger charge is 2.35. The smallest absolute Gasteiger partial charge is 0.242 e. The molecular weight excluding hydrogens is 400 g/mol. The van der Waals surface area contributed by atoms with E-state index in [9.17, 15) is 9.59 Å². The van der Waals surface area contributed by atoms with Crippen molar-refractivity contribution in [1.29, 1.82) is 0 Å². The summed E-state index contributed by atoms with van der Waals surface area (Å²) in [6.07, 6.45) is 2.44. The molecule has 0 radical (unpaired) electrons. The van der Waals surface area contributed by atoms with Crippen molar-refractivity contribution in [3.8, 4) is 0 Å². The van der Waals surface area contributed by atoms with E-state index in [-0.39, 0.29) is 24.3 Å². The number of imidazole rings is 1. The number of carbonyl (C=O) groups excluding carboxylic acids is 2. The normalized spacial score (nSPS) is 16.2. The molecule has 1 saturated heterocycles. The Hall–Kier alpha value is -3.15. The molecule has 1 atom stereocenters. The number of hydrogen-bond acceptors (Lipinski definition) is 3. The summed E-state index contributed by atoms with van der Waals surface area (Å²) in [5.74, 6) is 0.941. The van der Waals surface area contributed by atoms with Gasteiger partial charge >= 0.3 is 0 Å². The first kappa shape index (κ1) is 22.1. The van der Waals surface area contributed by atoms with E-state index >= 15 is 0 Å². The summed E-state index contributed by atoms with van der Waals surface area (Å²) in [5, 5.41) is 0. The molecule has 6 heteroatoms. The minimum absolute atomic E-state index is 0.0514. The van der Waals surface area contributed by atoms with Crippen molar-refractivity contribution in [3.05, 3.63) is 59.4 Å². The topological polar surface area (TPSA) is 58.4 Å². The fourth-order valence-electron chi connectivity index (χ4n) is 4.58. The van der Waals surface area contributed by atoms with Crippen LogP contribution in [0.25, 0.3) is 11.0 Å². The maximum Gasteiger partial charge on any atom is 0.242 e. The van der Waals surface area contributed by atoms with Crippen molar-refractivity contribution >= 4 is 28.5 Å². The van der Waals surface area contributed by atoms with Gasteiger partial charge in [-0.05, 0) is 55.7 Å². The lowest BCUT2D eigenvalue weighted by Gasteiger charge is -2.20. The molecule has 0 N–H and O–H groups in total. The Labute approximate surface area is 189 Å². The van der Waals surface area contributed by atoms with Crippen LogP contribution in [0, 0.1) is 13.8 Å². The molecular formula is C26H32N4O2. The molecule has 0 saturated carbocycles. The lowest BCUT2D eigenvalue weighted by Crippen LogP contribution is -2.32. The Kier molecular flexibility index (Phi) is 6.31. The fourth-order valence-corrected chi connectivity index (χ4v) is 4.58. The van der Waals surface area contributed by atoms with Crippen molar-refractivity contribution < 1.29 is 9.59 Å². The third-order valence-corrected chi connectivity index (χ3v) is 6.26. The third kappa shape index (κ3) is 4.40. The third-order valence-electron chi connectivity index (χ3n) is 6.26. The first-order valence-electron chi connectivity index (χ1n) is 11.4. The van der Waals surface area contributed by atoms with E-state index in [1.807, 2.05) is 40.8 Å². The van der Waals surface area contributed by atoms with Crippen molar-refractivity contribution in [3.63, 3.8) is 0 Å². The van der Waals surface area contributed by atoms with Crippen molar-refractivity contribution in [1.82, 2.24) is 14.5 Å². The lowest BCUT2D eigenvalue weighted by molar-refractivity contribution is -0.130. The van der Waals surface area contributed by atoms with E-state index in [0.717, 1.165) is 53.1 Å². The largest absolute Gasteiger partial charge is 0.344 e. The summed E-state index contributed by atoms with van der Waals surface area (Å²) in [4.78, 5) is 34.5. The zero-order chi connectivity index (χ0) is 22.8. The monoisotopic (exact) mass is 432 g/mol. The van der Waals surface area contributed by atoms with Gasteiger partial charge in [-0.15, -0.1) is 0 Å². The quantitative estimate of drug-likeness (QED) is 0.555. The van der Waals surface area contributed by atoms with Crippen molar-refractivity contribution in [2.45, 2.75) is 52.5 Å². The number of nitrogens with zero attached hydrogens (tertiary/aromatic N) is 4. The van der Waals surface area contributed by atoms with Crippen LogP contribution in [-0.4, -0.2) is 46.4 Å². The number of fused-ring (bicyclic) bond motifs is 1. The zero-order valence-corrected chi connectivity index (χ0v) is 19.5. The summed E-state index contributed by atoms with van der Waals surface area (Å²) in [6.45, 7) is 7.79. The van der Waals surface area contributed by atoms with Gasteiger partial charge in [0.1, 0.15) is 12.4 Å². The molecule has 0 spiro atoms. The standard InChI is InChI=1S/C26H32N4O2/c1-5-6-11-28(4)25(32)17-30-23-10-8-7-9-22(23)27-26(30)20-15-24(31)29(16-20)21-13-18(2)12-19(3)14-21/h7-10,12-14,20H,5-6,11,15-17H2,1-4H3. The molecule has 168 valence electrons. The fraction of sp³-hybridized carbons (Fsp3) is 0.423. The summed E-state index contributed by atoms with van der Waals surface area (Å²) in [7, 11) is 1.86. The Bertz CT molecular complexity index is 1130. The van der Waals surface area contributed by atoms with Crippen LogP contribution in [0.4, 0.5) is 5.69 Å². The summed E-state index contributed by atoms with van der Waals surface area (Å²) >= 11 is 0. The molecule has 3 aromatic rings. The number of aromatic nitrogens is 2.